The van der Waals surface area contributed by atoms with Gasteiger partial charge in [0.05, 0.1) is 5.56 Å². The lowest BCUT2D eigenvalue weighted by molar-refractivity contribution is -0.138. The first-order chi connectivity index (χ1) is 7.68. The van der Waals surface area contributed by atoms with E-state index in [1.54, 1.807) is 26.0 Å². The van der Waals surface area contributed by atoms with Crippen LogP contribution >= 0.6 is 0 Å². The smallest absolute Gasteiger partial charge is 0.325 e. The van der Waals surface area contributed by atoms with E-state index in [2.05, 4.69) is 0 Å². The molecule has 0 aromatic heterocycles. The van der Waals surface area contributed by atoms with Gasteiger partial charge in [-0.05, 0) is 38.3 Å². The lowest BCUT2D eigenvalue weighted by atomic mass is 9.77. The van der Waals surface area contributed by atoms with Crippen molar-refractivity contribution in [2.45, 2.75) is 43.8 Å². The fourth-order valence-electron chi connectivity index (χ4n) is 2.53. The maximum Gasteiger partial charge on any atom is 0.416 e. The molecule has 0 saturated heterocycles. The summed E-state index contributed by atoms with van der Waals surface area (Å²) in [5.41, 5.74) is 4.71. The Bertz CT molecular complexity index is 425. The molecule has 0 aliphatic heterocycles. The standard InChI is InChI=1S/C13H16F3N/c1-11(2,17)12(7-8-12)9-5-3-4-6-10(9)13(14,15)16/h3-6H,7-8,17H2,1-2H3. The minimum Gasteiger partial charge on any atom is -0.325 e. The molecule has 0 spiro atoms. The predicted octanol–water partition coefficient (Wildman–Crippen LogP) is 3.47. The molecule has 1 aromatic carbocycles. The molecule has 0 unspecified atom stereocenters. The van der Waals surface area contributed by atoms with Gasteiger partial charge in [-0.1, -0.05) is 18.2 Å². The van der Waals surface area contributed by atoms with Crippen molar-refractivity contribution in [1.82, 2.24) is 0 Å². The Morgan fingerprint density at radius 1 is 1.12 bits per heavy atom. The van der Waals surface area contributed by atoms with Crippen LogP contribution in [-0.4, -0.2) is 5.54 Å². The molecule has 0 amide bonds. The number of hydrogen-bond acceptors (Lipinski definition) is 1. The summed E-state index contributed by atoms with van der Waals surface area (Å²) in [6.45, 7) is 3.60. The lowest BCUT2D eigenvalue weighted by Crippen LogP contribution is -2.46. The summed E-state index contributed by atoms with van der Waals surface area (Å²) in [5.74, 6) is 0. The van der Waals surface area contributed by atoms with Crippen LogP contribution in [0.1, 0.15) is 37.8 Å². The Balaban J connectivity index is 2.55. The molecular weight excluding hydrogens is 227 g/mol. The van der Waals surface area contributed by atoms with E-state index in [1.807, 2.05) is 0 Å². The fourth-order valence-corrected chi connectivity index (χ4v) is 2.53. The molecule has 0 bridgehead atoms. The van der Waals surface area contributed by atoms with E-state index < -0.39 is 22.7 Å². The van der Waals surface area contributed by atoms with E-state index in [0.29, 0.717) is 5.56 Å². The van der Waals surface area contributed by atoms with Crippen molar-refractivity contribution in [3.8, 4) is 0 Å². The average molecular weight is 243 g/mol. The van der Waals surface area contributed by atoms with E-state index in [1.165, 1.54) is 6.07 Å². The molecule has 0 heterocycles. The van der Waals surface area contributed by atoms with Crippen molar-refractivity contribution in [2.24, 2.45) is 5.73 Å². The largest absolute Gasteiger partial charge is 0.416 e. The van der Waals surface area contributed by atoms with Crippen LogP contribution in [0, 0.1) is 0 Å². The molecule has 0 radical (unpaired) electrons. The summed E-state index contributed by atoms with van der Waals surface area (Å²) in [4.78, 5) is 0. The number of hydrogen-bond donors (Lipinski definition) is 1. The van der Waals surface area contributed by atoms with Crippen molar-refractivity contribution in [3.05, 3.63) is 35.4 Å². The summed E-state index contributed by atoms with van der Waals surface area (Å²) in [6, 6.07) is 5.77. The molecule has 1 aliphatic carbocycles. The van der Waals surface area contributed by atoms with Crippen molar-refractivity contribution in [1.29, 1.82) is 0 Å². The van der Waals surface area contributed by atoms with Gasteiger partial charge in [0.15, 0.2) is 0 Å². The summed E-state index contributed by atoms with van der Waals surface area (Å²) >= 11 is 0. The normalized spacial score (nSPS) is 19.2. The molecule has 0 atom stereocenters. The van der Waals surface area contributed by atoms with Gasteiger partial charge in [0.25, 0.3) is 0 Å². The van der Waals surface area contributed by atoms with Crippen LogP contribution in [0.5, 0.6) is 0 Å². The highest BCUT2D eigenvalue weighted by atomic mass is 19.4. The maximum atomic E-state index is 13.0. The molecule has 1 saturated carbocycles. The van der Waals surface area contributed by atoms with Crippen molar-refractivity contribution >= 4 is 0 Å². The average Bonchev–Trinajstić information content (AvgIpc) is 2.95. The quantitative estimate of drug-likeness (QED) is 0.845. The lowest BCUT2D eigenvalue weighted by Gasteiger charge is -2.33. The summed E-state index contributed by atoms with van der Waals surface area (Å²) in [7, 11) is 0. The Kier molecular flexibility index (Phi) is 2.54. The monoisotopic (exact) mass is 243 g/mol. The van der Waals surface area contributed by atoms with E-state index >= 15 is 0 Å². The fraction of sp³-hybridized carbons (Fsp3) is 0.538. The number of nitrogens with two attached hydrogens (primary N) is 1. The molecule has 17 heavy (non-hydrogen) atoms. The second kappa shape index (κ2) is 3.48. The van der Waals surface area contributed by atoms with Crippen LogP contribution in [0.25, 0.3) is 0 Å². The van der Waals surface area contributed by atoms with Gasteiger partial charge in [-0.25, -0.2) is 0 Å². The molecule has 1 aliphatic rings. The van der Waals surface area contributed by atoms with E-state index in [4.69, 9.17) is 5.73 Å². The van der Waals surface area contributed by atoms with Crippen LogP contribution in [-0.2, 0) is 11.6 Å². The van der Waals surface area contributed by atoms with Crippen LogP contribution in [0.3, 0.4) is 0 Å². The molecule has 2 N–H and O–H groups in total. The minimum atomic E-state index is -4.31. The van der Waals surface area contributed by atoms with Crippen molar-refractivity contribution < 1.29 is 13.2 Å². The zero-order chi connectivity index (χ0) is 12.9. The molecule has 94 valence electrons. The van der Waals surface area contributed by atoms with E-state index in [0.717, 1.165) is 18.9 Å². The van der Waals surface area contributed by atoms with Crippen molar-refractivity contribution in [3.63, 3.8) is 0 Å². The van der Waals surface area contributed by atoms with Gasteiger partial charge < -0.3 is 5.73 Å². The number of halogens is 3. The SMILES string of the molecule is CC(C)(N)C1(c2ccccc2C(F)(F)F)CC1. The van der Waals surface area contributed by atoms with Gasteiger partial charge in [-0.2, -0.15) is 13.2 Å². The highest BCUT2D eigenvalue weighted by Crippen LogP contribution is 2.57. The second-order valence-electron chi connectivity index (χ2n) is 5.35. The summed E-state index contributed by atoms with van der Waals surface area (Å²) in [6.07, 6.45) is -2.86. The van der Waals surface area contributed by atoms with Gasteiger partial charge in [0.2, 0.25) is 0 Å². The maximum absolute atomic E-state index is 13.0. The Labute approximate surface area is 98.8 Å². The van der Waals surface area contributed by atoms with E-state index in [-0.39, 0.29) is 0 Å². The summed E-state index contributed by atoms with van der Waals surface area (Å²) in [5, 5.41) is 0. The van der Waals surface area contributed by atoms with Crippen LogP contribution in [0.2, 0.25) is 0 Å². The number of benzene rings is 1. The third-order valence-electron chi connectivity index (χ3n) is 3.73. The minimum absolute atomic E-state index is 0.347. The molecule has 1 aromatic rings. The zero-order valence-corrected chi connectivity index (χ0v) is 9.93. The topological polar surface area (TPSA) is 26.0 Å². The molecule has 4 heteroatoms. The molecule has 2 rings (SSSR count). The first-order valence-electron chi connectivity index (χ1n) is 5.64. The Morgan fingerprint density at radius 3 is 2.06 bits per heavy atom. The third kappa shape index (κ3) is 1.95. The van der Waals surface area contributed by atoms with Gasteiger partial charge in [0.1, 0.15) is 0 Å². The molecule has 1 nitrogen and oxygen atoms in total. The first-order valence-corrected chi connectivity index (χ1v) is 5.64. The first kappa shape index (κ1) is 12.4. The highest BCUT2D eigenvalue weighted by molar-refractivity contribution is 5.43. The Morgan fingerprint density at radius 2 is 1.65 bits per heavy atom. The predicted molar refractivity (Wildman–Crippen MR) is 60.6 cm³/mol. The van der Waals surface area contributed by atoms with Gasteiger partial charge in [0, 0.05) is 11.0 Å². The van der Waals surface area contributed by atoms with Gasteiger partial charge in [-0.3, -0.25) is 0 Å². The zero-order valence-electron chi connectivity index (χ0n) is 9.93. The third-order valence-corrected chi connectivity index (χ3v) is 3.73. The van der Waals surface area contributed by atoms with Crippen LogP contribution in [0.4, 0.5) is 13.2 Å². The van der Waals surface area contributed by atoms with E-state index in [9.17, 15) is 13.2 Å². The van der Waals surface area contributed by atoms with Crippen LogP contribution < -0.4 is 5.73 Å². The highest BCUT2D eigenvalue weighted by Gasteiger charge is 2.56. The number of rotatable bonds is 2. The van der Waals surface area contributed by atoms with Gasteiger partial charge >= 0.3 is 6.18 Å². The number of alkyl halides is 3. The summed E-state index contributed by atoms with van der Waals surface area (Å²) < 4.78 is 38.9. The second-order valence-corrected chi connectivity index (χ2v) is 5.35. The van der Waals surface area contributed by atoms with Gasteiger partial charge in [-0.15, -0.1) is 0 Å². The molecule has 1 fully saturated rings. The van der Waals surface area contributed by atoms with Crippen molar-refractivity contribution in [2.75, 3.05) is 0 Å². The van der Waals surface area contributed by atoms with Crippen LogP contribution in [0.15, 0.2) is 24.3 Å². The molecular formula is C13H16F3N. The Hall–Kier alpha value is -1.03.